The van der Waals surface area contributed by atoms with E-state index in [1.54, 1.807) is 12.1 Å². The second-order valence-corrected chi connectivity index (χ2v) is 3.86. The van der Waals surface area contributed by atoms with Gasteiger partial charge in [0.15, 0.2) is 0 Å². The molecule has 2 unspecified atom stereocenters. The van der Waals surface area contributed by atoms with E-state index in [0.717, 1.165) is 5.56 Å². The first-order chi connectivity index (χ1) is 7.62. The first-order valence-corrected chi connectivity index (χ1v) is 5.45. The van der Waals surface area contributed by atoms with E-state index in [1.807, 2.05) is 19.1 Å². The molecule has 2 atom stereocenters. The molecule has 0 N–H and O–H groups in total. The molecule has 0 aromatic heterocycles. The van der Waals surface area contributed by atoms with Gasteiger partial charge in [0.05, 0.1) is 17.6 Å². The maximum atomic E-state index is 10.6. The summed E-state index contributed by atoms with van der Waals surface area (Å²) in [7, 11) is 0. The lowest BCUT2D eigenvalue weighted by Gasteiger charge is -2.22. The quantitative estimate of drug-likeness (QED) is 0.746. The fourth-order valence-electron chi connectivity index (χ4n) is 1.34. The van der Waals surface area contributed by atoms with Crippen LogP contribution in [0.5, 0.6) is 0 Å². The second-order valence-electron chi connectivity index (χ2n) is 3.28. The van der Waals surface area contributed by atoms with Crippen molar-refractivity contribution in [3.8, 4) is 0 Å². The first-order valence-electron chi connectivity index (χ1n) is 4.45. The zero-order valence-corrected chi connectivity index (χ0v) is 9.18. The van der Waals surface area contributed by atoms with Crippen LogP contribution >= 0.6 is 0 Å². The lowest BCUT2D eigenvalue weighted by Crippen LogP contribution is -2.28. The van der Waals surface area contributed by atoms with Crippen LogP contribution in [0.15, 0.2) is 39.7 Å². The van der Waals surface area contributed by atoms with Gasteiger partial charge in [0.1, 0.15) is 0 Å². The number of nitrogens with zero attached hydrogens (tertiary/aromatic N) is 3. The Labute approximate surface area is 94.5 Å². The van der Waals surface area contributed by atoms with Gasteiger partial charge >= 0.3 is 0 Å². The topological polar surface area (TPSA) is 86.4 Å². The van der Waals surface area contributed by atoms with Crippen LogP contribution in [0.1, 0.15) is 11.1 Å². The van der Waals surface area contributed by atoms with E-state index >= 15 is 0 Å². The van der Waals surface area contributed by atoms with Crippen LogP contribution in [-0.4, -0.2) is 15.0 Å². The summed E-state index contributed by atoms with van der Waals surface area (Å²) < 4.78 is 26.0. The highest BCUT2D eigenvalue weighted by atomic mass is 32.2. The summed E-state index contributed by atoms with van der Waals surface area (Å²) in [5.74, 6) is 0. The van der Waals surface area contributed by atoms with E-state index in [-0.39, 0.29) is 0 Å². The fraction of sp³-hybridized carbons (Fsp3) is 0.222. The van der Waals surface area contributed by atoms with Gasteiger partial charge in [-0.05, 0) is 12.1 Å². The molecule has 84 valence electrons. The van der Waals surface area contributed by atoms with E-state index in [1.165, 1.54) is 6.21 Å². The minimum Gasteiger partial charge on any atom is -0.750 e. The van der Waals surface area contributed by atoms with E-state index in [0.29, 0.717) is 5.56 Å². The van der Waals surface area contributed by atoms with Crippen molar-refractivity contribution in [3.63, 3.8) is 0 Å². The van der Waals surface area contributed by atoms with Crippen molar-refractivity contribution in [1.29, 1.82) is 0 Å². The van der Waals surface area contributed by atoms with Crippen LogP contribution in [0.25, 0.3) is 0 Å². The average Bonchev–Trinajstić information content (AvgIpc) is 2.67. The molecule has 1 aliphatic heterocycles. The molecule has 0 saturated carbocycles. The maximum Gasteiger partial charge on any atom is 0.258 e. The van der Waals surface area contributed by atoms with Crippen molar-refractivity contribution >= 4 is 17.6 Å². The highest BCUT2D eigenvalue weighted by Gasteiger charge is 2.35. The number of aryl methyl sites for hydroxylation is 1. The summed E-state index contributed by atoms with van der Waals surface area (Å²) in [4.78, 5) is 0. The summed E-state index contributed by atoms with van der Waals surface area (Å²) in [5.41, 5.74) is 0.168. The van der Waals surface area contributed by atoms with Gasteiger partial charge in [0.25, 0.3) is 5.72 Å². The minimum absolute atomic E-state index is 0.562. The highest BCUT2D eigenvalue weighted by Crippen LogP contribution is 2.30. The van der Waals surface area contributed by atoms with Gasteiger partial charge in [-0.3, -0.25) is 4.18 Å². The Hall–Kier alpha value is -1.44. The molecule has 0 amide bonds. The molecule has 1 aromatic carbocycles. The van der Waals surface area contributed by atoms with Crippen LogP contribution in [0.4, 0.5) is 0 Å². The molecule has 6 nitrogen and oxygen atoms in total. The SMILES string of the molecule is Cc1ccc(C2(OS(=O)[O-])C=NN=N2)cc1. The summed E-state index contributed by atoms with van der Waals surface area (Å²) >= 11 is -2.70. The molecule has 0 fully saturated rings. The van der Waals surface area contributed by atoms with Crippen LogP contribution < -0.4 is 0 Å². The number of hydrogen-bond acceptors (Lipinski definition) is 6. The zero-order chi connectivity index (χ0) is 11.6. The van der Waals surface area contributed by atoms with Crippen molar-refractivity contribution < 1.29 is 12.9 Å². The van der Waals surface area contributed by atoms with Crippen LogP contribution in [0.2, 0.25) is 0 Å². The molecule has 2 rings (SSSR count). The van der Waals surface area contributed by atoms with E-state index in [9.17, 15) is 8.76 Å². The van der Waals surface area contributed by atoms with Crippen LogP contribution in [-0.2, 0) is 21.3 Å². The molecule has 0 radical (unpaired) electrons. The first kappa shape index (κ1) is 11.1. The molecule has 0 bridgehead atoms. The molecule has 1 aliphatic rings. The number of hydrogen-bond donors (Lipinski definition) is 0. The Morgan fingerprint density at radius 2 is 2.06 bits per heavy atom. The van der Waals surface area contributed by atoms with Gasteiger partial charge < -0.3 is 4.55 Å². The molecule has 16 heavy (non-hydrogen) atoms. The summed E-state index contributed by atoms with van der Waals surface area (Å²) in [6.07, 6.45) is 1.24. The van der Waals surface area contributed by atoms with Gasteiger partial charge in [0, 0.05) is 5.56 Å². The summed E-state index contributed by atoms with van der Waals surface area (Å²) in [5, 5.41) is 10.6. The fourth-order valence-corrected chi connectivity index (χ4v) is 1.72. The monoisotopic (exact) mass is 238 g/mol. The van der Waals surface area contributed by atoms with E-state index < -0.39 is 17.1 Å². The van der Waals surface area contributed by atoms with Crippen molar-refractivity contribution in [2.45, 2.75) is 12.6 Å². The molecule has 1 aromatic rings. The van der Waals surface area contributed by atoms with Crippen LogP contribution in [0, 0.1) is 6.92 Å². The third kappa shape index (κ3) is 2.06. The molecular weight excluding hydrogens is 230 g/mol. The van der Waals surface area contributed by atoms with E-state index in [4.69, 9.17) is 4.18 Å². The standard InChI is InChI=1S/C9H9N3O3S/c1-7-2-4-8(5-3-7)9(15-16(13)14)6-10-12-11-9/h2-6H,1H3,(H,13,14)/p-1. The predicted molar refractivity (Wildman–Crippen MR) is 56.2 cm³/mol. The second kappa shape index (κ2) is 4.20. The molecule has 0 saturated heterocycles. The third-order valence-electron chi connectivity index (χ3n) is 2.14. The number of benzene rings is 1. The number of rotatable bonds is 3. The van der Waals surface area contributed by atoms with Crippen molar-refractivity contribution in [3.05, 3.63) is 35.4 Å². The van der Waals surface area contributed by atoms with Gasteiger partial charge in [0.2, 0.25) is 0 Å². The molecule has 0 aliphatic carbocycles. The average molecular weight is 238 g/mol. The van der Waals surface area contributed by atoms with Gasteiger partial charge in [-0.15, -0.1) is 10.2 Å². The normalized spacial score (nSPS) is 24.9. The molecule has 7 heteroatoms. The maximum absolute atomic E-state index is 10.6. The van der Waals surface area contributed by atoms with Gasteiger partial charge in [-0.25, -0.2) is 4.21 Å². The van der Waals surface area contributed by atoms with Crippen molar-refractivity contribution in [1.82, 2.24) is 0 Å². The largest absolute Gasteiger partial charge is 0.750 e. The summed E-state index contributed by atoms with van der Waals surface area (Å²) in [6.45, 7) is 1.92. The lowest BCUT2D eigenvalue weighted by molar-refractivity contribution is 0.156. The Bertz CT molecular complexity index is 457. The molecule has 1 heterocycles. The Balaban J connectivity index is 2.40. The van der Waals surface area contributed by atoms with Gasteiger partial charge in [-0.2, -0.15) is 0 Å². The van der Waals surface area contributed by atoms with Gasteiger partial charge in [-0.1, -0.05) is 29.8 Å². The smallest absolute Gasteiger partial charge is 0.258 e. The lowest BCUT2D eigenvalue weighted by atomic mass is 10.0. The highest BCUT2D eigenvalue weighted by molar-refractivity contribution is 7.74. The van der Waals surface area contributed by atoms with E-state index in [2.05, 4.69) is 15.4 Å². The van der Waals surface area contributed by atoms with Crippen molar-refractivity contribution in [2.24, 2.45) is 15.4 Å². The van der Waals surface area contributed by atoms with Crippen molar-refractivity contribution in [2.75, 3.05) is 0 Å². The summed E-state index contributed by atoms with van der Waals surface area (Å²) in [6, 6.07) is 7.10. The molecule has 0 spiro atoms. The van der Waals surface area contributed by atoms with Crippen LogP contribution in [0.3, 0.4) is 0 Å². The third-order valence-corrected chi connectivity index (χ3v) is 2.53. The Morgan fingerprint density at radius 1 is 1.38 bits per heavy atom. The Kier molecular flexibility index (Phi) is 2.90. The zero-order valence-electron chi connectivity index (χ0n) is 8.36. The molecular formula is C9H8N3O3S-. The minimum atomic E-state index is -2.70. The Morgan fingerprint density at radius 3 is 2.56 bits per heavy atom. The predicted octanol–water partition coefficient (Wildman–Crippen LogP) is 1.41.